The van der Waals surface area contributed by atoms with Gasteiger partial charge in [0.1, 0.15) is 5.65 Å². The summed E-state index contributed by atoms with van der Waals surface area (Å²) in [5, 5.41) is 3.91. The van der Waals surface area contributed by atoms with Gasteiger partial charge in [-0.2, -0.15) is 4.98 Å². The highest BCUT2D eigenvalue weighted by molar-refractivity contribution is 5.93. The third-order valence-corrected chi connectivity index (χ3v) is 5.49. The molecule has 162 valence electrons. The fourth-order valence-corrected chi connectivity index (χ4v) is 4.05. The van der Waals surface area contributed by atoms with E-state index >= 15 is 0 Å². The number of imidazole rings is 1. The number of hydrogen-bond acceptors (Lipinski definition) is 5. The highest BCUT2D eigenvalue weighted by atomic mass is 19.4. The second kappa shape index (κ2) is 7.49. The summed E-state index contributed by atoms with van der Waals surface area (Å²) in [4.78, 5) is 15.9. The molecule has 1 saturated carbocycles. The van der Waals surface area contributed by atoms with Gasteiger partial charge < -0.3 is 14.7 Å². The SMILES string of the molecule is Fc1cc(-c2c[nH]c3nc(N[C@H]4CC[C@@H](OC(F)(F)F)CC4)ncc23)cn2ccnc12. The Bertz CT molecular complexity index is 1230. The van der Waals surface area contributed by atoms with E-state index in [2.05, 4.69) is 30.0 Å². The quantitative estimate of drug-likeness (QED) is 0.457. The van der Waals surface area contributed by atoms with Crippen molar-refractivity contribution in [3.8, 4) is 11.1 Å². The summed E-state index contributed by atoms with van der Waals surface area (Å²) in [5.74, 6) is -0.0431. The number of aromatic amines is 1. The topological polar surface area (TPSA) is 80.1 Å². The minimum absolute atomic E-state index is 0.0299. The molecule has 0 saturated heterocycles. The van der Waals surface area contributed by atoms with Gasteiger partial charge in [0.25, 0.3) is 0 Å². The number of hydrogen-bond donors (Lipinski definition) is 2. The number of halogens is 4. The number of pyridine rings is 1. The maximum Gasteiger partial charge on any atom is 0.522 e. The lowest BCUT2D eigenvalue weighted by atomic mass is 9.93. The van der Waals surface area contributed by atoms with Crippen molar-refractivity contribution in [2.75, 3.05) is 5.32 Å². The number of H-pyrrole nitrogens is 1. The van der Waals surface area contributed by atoms with Crippen LogP contribution in [0.1, 0.15) is 25.7 Å². The van der Waals surface area contributed by atoms with E-state index < -0.39 is 18.3 Å². The Kier molecular flexibility index (Phi) is 4.77. The normalized spacial score (nSPS) is 19.9. The molecule has 1 fully saturated rings. The molecule has 0 amide bonds. The van der Waals surface area contributed by atoms with Crippen LogP contribution in [0.2, 0.25) is 0 Å². The van der Waals surface area contributed by atoms with Crippen molar-refractivity contribution in [1.82, 2.24) is 24.3 Å². The molecule has 2 N–H and O–H groups in total. The molecule has 0 spiro atoms. The summed E-state index contributed by atoms with van der Waals surface area (Å²) in [5.41, 5.74) is 2.23. The molecule has 4 heterocycles. The molecule has 1 aliphatic carbocycles. The summed E-state index contributed by atoms with van der Waals surface area (Å²) in [7, 11) is 0. The number of alkyl halides is 3. The molecular weight excluding hydrogens is 416 g/mol. The number of aromatic nitrogens is 5. The third kappa shape index (κ3) is 4.05. The van der Waals surface area contributed by atoms with Crippen molar-refractivity contribution in [2.24, 2.45) is 0 Å². The van der Waals surface area contributed by atoms with Crippen molar-refractivity contribution in [2.45, 2.75) is 44.2 Å². The Hall–Kier alpha value is -3.21. The molecule has 31 heavy (non-hydrogen) atoms. The molecule has 0 unspecified atom stereocenters. The number of ether oxygens (including phenoxy) is 1. The van der Waals surface area contributed by atoms with E-state index in [1.807, 2.05) is 0 Å². The van der Waals surface area contributed by atoms with Crippen LogP contribution >= 0.6 is 0 Å². The highest BCUT2D eigenvalue weighted by Gasteiger charge is 2.35. The molecule has 5 rings (SSSR count). The summed E-state index contributed by atoms with van der Waals surface area (Å²) < 4.78 is 57.1. The summed E-state index contributed by atoms with van der Waals surface area (Å²) in [6.07, 6.45) is 4.64. The minimum Gasteiger partial charge on any atom is -0.351 e. The molecular formula is C20H18F4N6O. The van der Waals surface area contributed by atoms with E-state index in [0.717, 1.165) is 10.9 Å². The van der Waals surface area contributed by atoms with Crippen LogP contribution < -0.4 is 5.32 Å². The predicted molar refractivity (Wildman–Crippen MR) is 105 cm³/mol. The number of anilines is 1. The number of nitrogens with zero attached hydrogens (tertiary/aromatic N) is 4. The minimum atomic E-state index is -4.60. The molecule has 4 aromatic heterocycles. The van der Waals surface area contributed by atoms with Crippen molar-refractivity contribution >= 4 is 22.6 Å². The number of fused-ring (bicyclic) bond motifs is 2. The highest BCUT2D eigenvalue weighted by Crippen LogP contribution is 2.31. The van der Waals surface area contributed by atoms with Gasteiger partial charge in [-0.3, -0.25) is 4.74 Å². The third-order valence-electron chi connectivity index (χ3n) is 5.49. The molecule has 7 nitrogen and oxygen atoms in total. The van der Waals surface area contributed by atoms with Gasteiger partial charge in [0.05, 0.1) is 6.10 Å². The Morgan fingerprint density at radius 1 is 1.16 bits per heavy atom. The molecule has 0 radical (unpaired) electrons. The van der Waals surface area contributed by atoms with Crippen LogP contribution in [0.5, 0.6) is 0 Å². The molecule has 0 atom stereocenters. The lowest BCUT2D eigenvalue weighted by Crippen LogP contribution is -2.33. The largest absolute Gasteiger partial charge is 0.522 e. The van der Waals surface area contributed by atoms with Crippen LogP contribution in [0.4, 0.5) is 23.5 Å². The molecule has 11 heteroatoms. The van der Waals surface area contributed by atoms with Crippen LogP contribution in [0, 0.1) is 5.82 Å². The zero-order valence-corrected chi connectivity index (χ0v) is 16.2. The predicted octanol–water partition coefficient (Wildman–Crippen LogP) is 4.67. The smallest absolute Gasteiger partial charge is 0.351 e. The molecule has 0 bridgehead atoms. The van der Waals surface area contributed by atoms with Crippen molar-refractivity contribution < 1.29 is 22.3 Å². The zero-order chi connectivity index (χ0) is 21.6. The summed E-state index contributed by atoms with van der Waals surface area (Å²) >= 11 is 0. The Balaban J connectivity index is 1.32. The first-order valence-corrected chi connectivity index (χ1v) is 9.83. The van der Waals surface area contributed by atoms with Gasteiger partial charge in [-0.15, -0.1) is 13.2 Å². The first-order valence-electron chi connectivity index (χ1n) is 9.83. The fourth-order valence-electron chi connectivity index (χ4n) is 4.05. The standard InChI is InChI=1S/C20H18F4N6O/c21-16-7-11(10-30-6-5-25-18(16)30)14-8-26-17-15(14)9-27-19(29-17)28-12-1-3-13(4-2-12)31-20(22,23)24/h5-10,12-13H,1-4H2,(H2,26,27,28,29)/t12-,13+. The molecule has 1 aliphatic rings. The Morgan fingerprint density at radius 3 is 2.74 bits per heavy atom. The zero-order valence-electron chi connectivity index (χ0n) is 16.2. The van der Waals surface area contributed by atoms with E-state index in [9.17, 15) is 17.6 Å². The van der Waals surface area contributed by atoms with Crippen molar-refractivity contribution in [1.29, 1.82) is 0 Å². The van der Waals surface area contributed by atoms with Crippen LogP contribution in [-0.2, 0) is 4.74 Å². The Morgan fingerprint density at radius 2 is 1.97 bits per heavy atom. The monoisotopic (exact) mass is 434 g/mol. The van der Waals surface area contributed by atoms with E-state index in [1.54, 1.807) is 29.2 Å². The van der Waals surface area contributed by atoms with Crippen LogP contribution in [-0.4, -0.2) is 42.8 Å². The number of rotatable bonds is 4. The average Bonchev–Trinajstić information content (AvgIpc) is 3.35. The second-order valence-corrected chi connectivity index (χ2v) is 7.57. The maximum atomic E-state index is 14.3. The first kappa shape index (κ1) is 19.7. The second-order valence-electron chi connectivity index (χ2n) is 7.57. The van der Waals surface area contributed by atoms with E-state index in [0.29, 0.717) is 42.8 Å². The van der Waals surface area contributed by atoms with Crippen LogP contribution in [0.25, 0.3) is 27.8 Å². The van der Waals surface area contributed by atoms with Gasteiger partial charge in [0.2, 0.25) is 5.95 Å². The van der Waals surface area contributed by atoms with Gasteiger partial charge in [0.15, 0.2) is 11.5 Å². The van der Waals surface area contributed by atoms with Gasteiger partial charge in [-0.25, -0.2) is 14.4 Å². The lowest BCUT2D eigenvalue weighted by molar-refractivity contribution is -0.345. The summed E-state index contributed by atoms with van der Waals surface area (Å²) in [6, 6.07) is 1.39. The maximum absolute atomic E-state index is 14.3. The van der Waals surface area contributed by atoms with Gasteiger partial charge in [-0.1, -0.05) is 0 Å². The lowest BCUT2D eigenvalue weighted by Gasteiger charge is -2.29. The van der Waals surface area contributed by atoms with E-state index in [4.69, 9.17) is 0 Å². The van der Waals surface area contributed by atoms with Crippen molar-refractivity contribution in [3.63, 3.8) is 0 Å². The fraction of sp³-hybridized carbons (Fsp3) is 0.350. The van der Waals surface area contributed by atoms with Crippen LogP contribution in [0.15, 0.2) is 37.1 Å². The van der Waals surface area contributed by atoms with E-state index in [-0.39, 0.29) is 11.7 Å². The molecule has 0 aliphatic heterocycles. The molecule has 4 aromatic rings. The van der Waals surface area contributed by atoms with Gasteiger partial charge >= 0.3 is 6.36 Å². The number of nitrogens with one attached hydrogen (secondary N) is 2. The average molecular weight is 434 g/mol. The van der Waals surface area contributed by atoms with Crippen molar-refractivity contribution in [3.05, 3.63) is 42.9 Å². The Labute approximate surface area is 173 Å². The van der Waals surface area contributed by atoms with Gasteiger partial charge in [0, 0.05) is 53.5 Å². The van der Waals surface area contributed by atoms with E-state index in [1.165, 1.54) is 12.3 Å². The summed E-state index contributed by atoms with van der Waals surface area (Å²) in [6.45, 7) is 0. The van der Waals surface area contributed by atoms with Crippen LogP contribution in [0.3, 0.4) is 0 Å². The molecule has 0 aromatic carbocycles. The van der Waals surface area contributed by atoms with Gasteiger partial charge in [-0.05, 0) is 31.7 Å². The first-order chi connectivity index (χ1) is 14.9.